The van der Waals surface area contributed by atoms with Gasteiger partial charge in [0.2, 0.25) is 0 Å². The summed E-state index contributed by atoms with van der Waals surface area (Å²) >= 11 is 0. The zero-order valence-electron chi connectivity index (χ0n) is 15.2. The Morgan fingerprint density at radius 3 is 2.43 bits per heavy atom. The standard InChI is InChI=1S/C18H31N3O2/c1-13(2)15(12-21-17(22)23-18(4,5)6)11-20-14(3)16-9-7-8-10-19-16/h7-10,13-15,20H,11-12H2,1-6H3,(H,21,22). The number of alkyl carbamates (subject to hydrolysis) is 1. The number of hydrogen-bond donors (Lipinski definition) is 2. The number of carbonyl (C=O) groups excluding carboxylic acids is 1. The fraction of sp³-hybridized carbons (Fsp3) is 0.667. The lowest BCUT2D eigenvalue weighted by atomic mass is 9.95. The molecule has 5 nitrogen and oxygen atoms in total. The van der Waals surface area contributed by atoms with Crippen LogP contribution in [0.5, 0.6) is 0 Å². The molecular weight excluding hydrogens is 290 g/mol. The third kappa shape index (κ3) is 7.98. The van der Waals surface area contributed by atoms with E-state index in [2.05, 4.69) is 36.4 Å². The van der Waals surface area contributed by atoms with Crippen molar-refractivity contribution in [3.8, 4) is 0 Å². The lowest BCUT2D eigenvalue weighted by Gasteiger charge is -2.25. The maximum absolute atomic E-state index is 11.8. The van der Waals surface area contributed by atoms with Gasteiger partial charge in [-0.15, -0.1) is 0 Å². The van der Waals surface area contributed by atoms with Crippen molar-refractivity contribution in [3.63, 3.8) is 0 Å². The largest absolute Gasteiger partial charge is 0.444 e. The van der Waals surface area contributed by atoms with Crippen LogP contribution in [0.4, 0.5) is 4.79 Å². The van der Waals surface area contributed by atoms with Crippen LogP contribution in [-0.4, -0.2) is 29.8 Å². The topological polar surface area (TPSA) is 63.2 Å². The predicted octanol–water partition coefficient (Wildman–Crippen LogP) is 3.53. The molecule has 1 rings (SSSR count). The van der Waals surface area contributed by atoms with Crippen molar-refractivity contribution >= 4 is 6.09 Å². The van der Waals surface area contributed by atoms with E-state index in [1.807, 2.05) is 39.0 Å². The number of nitrogens with one attached hydrogen (secondary N) is 2. The average molecular weight is 321 g/mol. The van der Waals surface area contributed by atoms with Gasteiger partial charge in [-0.2, -0.15) is 0 Å². The lowest BCUT2D eigenvalue weighted by molar-refractivity contribution is 0.0514. The normalized spacial score (nSPS) is 14.4. The van der Waals surface area contributed by atoms with E-state index in [0.29, 0.717) is 18.4 Å². The van der Waals surface area contributed by atoms with Crippen molar-refractivity contribution < 1.29 is 9.53 Å². The second-order valence-corrected chi connectivity index (χ2v) is 7.27. The minimum absolute atomic E-state index is 0.180. The monoisotopic (exact) mass is 321 g/mol. The molecule has 0 bridgehead atoms. The van der Waals surface area contributed by atoms with E-state index in [1.165, 1.54) is 0 Å². The van der Waals surface area contributed by atoms with Crippen LogP contribution in [-0.2, 0) is 4.74 Å². The van der Waals surface area contributed by atoms with E-state index in [4.69, 9.17) is 4.74 Å². The van der Waals surface area contributed by atoms with Gasteiger partial charge in [0.15, 0.2) is 0 Å². The molecule has 1 aromatic heterocycles. The van der Waals surface area contributed by atoms with E-state index < -0.39 is 5.60 Å². The van der Waals surface area contributed by atoms with Gasteiger partial charge in [0.25, 0.3) is 0 Å². The zero-order valence-corrected chi connectivity index (χ0v) is 15.2. The lowest BCUT2D eigenvalue weighted by Crippen LogP contribution is -2.40. The Hall–Kier alpha value is -1.62. The molecule has 0 aliphatic rings. The molecule has 1 heterocycles. The molecular formula is C18H31N3O2. The third-order valence-electron chi connectivity index (χ3n) is 3.67. The Balaban J connectivity index is 2.45. The molecule has 23 heavy (non-hydrogen) atoms. The first-order valence-corrected chi connectivity index (χ1v) is 8.30. The summed E-state index contributed by atoms with van der Waals surface area (Å²) in [6.45, 7) is 13.4. The number of aromatic nitrogens is 1. The molecule has 5 heteroatoms. The van der Waals surface area contributed by atoms with Crippen LogP contribution >= 0.6 is 0 Å². The first-order chi connectivity index (χ1) is 10.7. The highest BCUT2D eigenvalue weighted by Crippen LogP contribution is 2.13. The van der Waals surface area contributed by atoms with E-state index in [0.717, 1.165) is 12.2 Å². The number of amides is 1. The molecule has 1 aromatic rings. The van der Waals surface area contributed by atoms with Gasteiger partial charge in [-0.05, 0) is 51.7 Å². The zero-order chi connectivity index (χ0) is 17.5. The summed E-state index contributed by atoms with van der Waals surface area (Å²) in [7, 11) is 0. The molecule has 2 N–H and O–H groups in total. The number of pyridine rings is 1. The molecule has 0 radical (unpaired) electrons. The Kier molecular flexibility index (Phi) is 7.49. The van der Waals surface area contributed by atoms with Crippen molar-refractivity contribution in [2.75, 3.05) is 13.1 Å². The van der Waals surface area contributed by atoms with Crippen molar-refractivity contribution in [2.24, 2.45) is 11.8 Å². The van der Waals surface area contributed by atoms with Gasteiger partial charge in [0, 0.05) is 25.3 Å². The van der Waals surface area contributed by atoms with Gasteiger partial charge < -0.3 is 15.4 Å². The molecule has 0 aromatic carbocycles. The number of hydrogen-bond acceptors (Lipinski definition) is 4. The Bertz CT molecular complexity index is 469. The molecule has 2 unspecified atom stereocenters. The van der Waals surface area contributed by atoms with Gasteiger partial charge in [-0.25, -0.2) is 4.79 Å². The molecule has 0 saturated carbocycles. The van der Waals surface area contributed by atoms with Gasteiger partial charge in [0.05, 0.1) is 5.69 Å². The van der Waals surface area contributed by atoms with Gasteiger partial charge in [0.1, 0.15) is 5.60 Å². The minimum atomic E-state index is -0.469. The summed E-state index contributed by atoms with van der Waals surface area (Å²) in [6, 6.07) is 6.10. The number of carbonyl (C=O) groups is 1. The summed E-state index contributed by atoms with van der Waals surface area (Å²) in [5, 5.41) is 6.37. The van der Waals surface area contributed by atoms with Gasteiger partial charge in [-0.3, -0.25) is 4.98 Å². The molecule has 0 aliphatic carbocycles. The van der Waals surface area contributed by atoms with Crippen molar-refractivity contribution in [3.05, 3.63) is 30.1 Å². The quantitative estimate of drug-likeness (QED) is 0.806. The third-order valence-corrected chi connectivity index (χ3v) is 3.67. The molecule has 0 spiro atoms. The first-order valence-electron chi connectivity index (χ1n) is 8.30. The van der Waals surface area contributed by atoms with Gasteiger partial charge in [-0.1, -0.05) is 19.9 Å². The molecule has 2 atom stereocenters. The molecule has 130 valence electrons. The van der Waals surface area contributed by atoms with Crippen LogP contribution in [0.2, 0.25) is 0 Å². The van der Waals surface area contributed by atoms with Crippen molar-refractivity contribution in [1.29, 1.82) is 0 Å². The number of nitrogens with zero attached hydrogens (tertiary/aromatic N) is 1. The molecule has 0 fully saturated rings. The maximum Gasteiger partial charge on any atom is 0.407 e. The van der Waals surface area contributed by atoms with Crippen LogP contribution < -0.4 is 10.6 Å². The van der Waals surface area contributed by atoms with Crippen LogP contribution in [0.15, 0.2) is 24.4 Å². The van der Waals surface area contributed by atoms with Crippen LogP contribution in [0, 0.1) is 11.8 Å². The molecule has 0 saturated heterocycles. The Labute approximate surface area is 140 Å². The van der Waals surface area contributed by atoms with Crippen LogP contribution in [0.3, 0.4) is 0 Å². The number of rotatable bonds is 7. The highest BCUT2D eigenvalue weighted by Gasteiger charge is 2.19. The summed E-state index contributed by atoms with van der Waals surface area (Å²) in [5.74, 6) is 0.780. The van der Waals surface area contributed by atoms with Crippen molar-refractivity contribution in [1.82, 2.24) is 15.6 Å². The maximum atomic E-state index is 11.8. The highest BCUT2D eigenvalue weighted by atomic mass is 16.6. The van der Waals surface area contributed by atoms with Crippen molar-refractivity contribution in [2.45, 2.75) is 53.2 Å². The second-order valence-electron chi connectivity index (χ2n) is 7.27. The highest BCUT2D eigenvalue weighted by molar-refractivity contribution is 5.67. The number of ether oxygens (including phenoxy) is 1. The van der Waals surface area contributed by atoms with E-state index >= 15 is 0 Å². The summed E-state index contributed by atoms with van der Waals surface area (Å²) in [5.41, 5.74) is 0.554. The summed E-state index contributed by atoms with van der Waals surface area (Å²) in [6.07, 6.45) is 1.44. The van der Waals surface area contributed by atoms with Gasteiger partial charge >= 0.3 is 6.09 Å². The van der Waals surface area contributed by atoms with Crippen LogP contribution in [0.1, 0.15) is 53.3 Å². The Morgan fingerprint density at radius 1 is 1.22 bits per heavy atom. The molecule has 0 aliphatic heterocycles. The first kappa shape index (κ1) is 19.4. The Morgan fingerprint density at radius 2 is 1.91 bits per heavy atom. The average Bonchev–Trinajstić information content (AvgIpc) is 2.45. The fourth-order valence-electron chi connectivity index (χ4n) is 2.14. The van der Waals surface area contributed by atoms with E-state index in [9.17, 15) is 4.79 Å². The summed E-state index contributed by atoms with van der Waals surface area (Å²) < 4.78 is 5.28. The van der Waals surface area contributed by atoms with E-state index in [-0.39, 0.29) is 12.1 Å². The SMILES string of the molecule is CC(NCC(CNC(=O)OC(C)(C)C)C(C)C)c1ccccn1. The van der Waals surface area contributed by atoms with Crippen LogP contribution in [0.25, 0.3) is 0 Å². The molecule has 1 amide bonds. The second kappa shape index (κ2) is 8.87. The fourth-order valence-corrected chi connectivity index (χ4v) is 2.14. The predicted molar refractivity (Wildman–Crippen MR) is 93.2 cm³/mol. The smallest absolute Gasteiger partial charge is 0.407 e. The minimum Gasteiger partial charge on any atom is -0.444 e. The van der Waals surface area contributed by atoms with E-state index in [1.54, 1.807) is 6.20 Å². The summed E-state index contributed by atoms with van der Waals surface area (Å²) in [4.78, 5) is 16.1.